The maximum Gasteiger partial charge on any atom is 0.227 e. The van der Waals surface area contributed by atoms with E-state index in [4.69, 9.17) is 4.52 Å². The van der Waals surface area contributed by atoms with Crippen LogP contribution in [0.4, 0.5) is 0 Å². The van der Waals surface area contributed by atoms with Gasteiger partial charge in [-0.2, -0.15) is 4.98 Å². The van der Waals surface area contributed by atoms with E-state index in [1.165, 1.54) is 25.7 Å². The van der Waals surface area contributed by atoms with Crippen molar-refractivity contribution < 1.29 is 9.32 Å². The molecule has 0 bridgehead atoms. The third kappa shape index (κ3) is 4.40. The van der Waals surface area contributed by atoms with Gasteiger partial charge in [-0.1, -0.05) is 42.3 Å². The summed E-state index contributed by atoms with van der Waals surface area (Å²) in [4.78, 5) is 19.3. The lowest BCUT2D eigenvalue weighted by molar-refractivity contribution is -0.134. The molecule has 2 aromatic rings. The molecule has 2 heterocycles. The lowest BCUT2D eigenvalue weighted by Crippen LogP contribution is -2.41. The van der Waals surface area contributed by atoms with Gasteiger partial charge in [0.25, 0.3) is 0 Å². The Morgan fingerprint density at radius 1 is 1.15 bits per heavy atom. The zero-order valence-corrected chi connectivity index (χ0v) is 16.2. The van der Waals surface area contributed by atoms with Crippen LogP contribution < -0.4 is 0 Å². The molecule has 0 radical (unpaired) electrons. The molecule has 1 aliphatic heterocycles. The zero-order valence-electron chi connectivity index (χ0n) is 16.2. The van der Waals surface area contributed by atoms with Gasteiger partial charge in [0.1, 0.15) is 0 Å². The van der Waals surface area contributed by atoms with Crippen molar-refractivity contribution in [3.8, 4) is 11.4 Å². The highest BCUT2D eigenvalue weighted by atomic mass is 16.5. The average molecular weight is 367 g/mol. The summed E-state index contributed by atoms with van der Waals surface area (Å²) in [7, 11) is 0. The number of amides is 1. The molecule has 1 unspecified atom stereocenters. The van der Waals surface area contributed by atoms with E-state index in [2.05, 4.69) is 28.0 Å². The molecule has 1 aromatic carbocycles. The SMILES string of the molecule is Cc1ccccc1-c1noc(CC2CCCN(C(=O)CC3CCCC3)C2)n1. The van der Waals surface area contributed by atoms with Crippen molar-refractivity contribution >= 4 is 5.91 Å². The first kappa shape index (κ1) is 18.2. The van der Waals surface area contributed by atoms with Crippen molar-refractivity contribution in [1.29, 1.82) is 0 Å². The first-order valence-corrected chi connectivity index (χ1v) is 10.4. The van der Waals surface area contributed by atoms with Crippen LogP contribution in [0.1, 0.15) is 56.4 Å². The predicted molar refractivity (Wildman–Crippen MR) is 104 cm³/mol. The number of carbonyl (C=O) groups excluding carboxylic acids is 1. The molecule has 0 spiro atoms. The summed E-state index contributed by atoms with van der Waals surface area (Å²) in [5.41, 5.74) is 2.16. The van der Waals surface area contributed by atoms with E-state index < -0.39 is 0 Å². The lowest BCUT2D eigenvalue weighted by atomic mass is 9.93. The van der Waals surface area contributed by atoms with E-state index in [1.807, 2.05) is 18.2 Å². The van der Waals surface area contributed by atoms with Crippen LogP contribution in [0.2, 0.25) is 0 Å². The molecule has 5 heteroatoms. The molecule has 1 amide bonds. The molecule has 2 aliphatic rings. The highest BCUT2D eigenvalue weighted by molar-refractivity contribution is 5.76. The largest absolute Gasteiger partial charge is 0.342 e. The third-order valence-corrected chi connectivity index (χ3v) is 6.13. The van der Waals surface area contributed by atoms with Gasteiger partial charge < -0.3 is 9.42 Å². The molecule has 4 rings (SSSR count). The summed E-state index contributed by atoms with van der Waals surface area (Å²) in [5, 5.41) is 4.17. The monoisotopic (exact) mass is 367 g/mol. The predicted octanol–water partition coefficient (Wildman–Crippen LogP) is 4.41. The van der Waals surface area contributed by atoms with Gasteiger partial charge in [-0.05, 0) is 50.0 Å². The Morgan fingerprint density at radius 3 is 2.74 bits per heavy atom. The normalized spacial score (nSPS) is 20.9. The van der Waals surface area contributed by atoms with E-state index in [0.29, 0.717) is 29.5 Å². The van der Waals surface area contributed by atoms with Crippen LogP contribution in [0.3, 0.4) is 0 Å². The Kier molecular flexibility index (Phi) is 5.55. The standard InChI is InChI=1S/C22H29N3O2/c1-16-7-2-5-11-19(16)22-23-20(27-24-22)13-18-10-6-12-25(15-18)21(26)14-17-8-3-4-9-17/h2,5,7,11,17-18H,3-4,6,8-10,12-15H2,1H3. The van der Waals surface area contributed by atoms with Gasteiger partial charge in [-0.15, -0.1) is 0 Å². The van der Waals surface area contributed by atoms with Crippen molar-refractivity contribution in [2.75, 3.05) is 13.1 Å². The summed E-state index contributed by atoms with van der Waals surface area (Å²) in [6.45, 7) is 3.79. The molecule has 0 N–H and O–H groups in total. The fraction of sp³-hybridized carbons (Fsp3) is 0.591. The summed E-state index contributed by atoms with van der Waals surface area (Å²) >= 11 is 0. The minimum atomic E-state index is 0.345. The summed E-state index contributed by atoms with van der Waals surface area (Å²) in [6.07, 6.45) is 8.73. The van der Waals surface area contributed by atoms with Crippen molar-refractivity contribution in [3.63, 3.8) is 0 Å². The fourth-order valence-electron chi connectivity index (χ4n) is 4.57. The highest BCUT2D eigenvalue weighted by Gasteiger charge is 2.28. The summed E-state index contributed by atoms with van der Waals surface area (Å²) < 4.78 is 5.52. The number of piperidine rings is 1. The third-order valence-electron chi connectivity index (χ3n) is 6.13. The Morgan fingerprint density at radius 2 is 1.93 bits per heavy atom. The topological polar surface area (TPSA) is 59.2 Å². The lowest BCUT2D eigenvalue weighted by Gasteiger charge is -2.33. The van der Waals surface area contributed by atoms with Crippen LogP contribution >= 0.6 is 0 Å². The molecular weight excluding hydrogens is 338 g/mol. The quantitative estimate of drug-likeness (QED) is 0.785. The number of likely N-dealkylation sites (tertiary alicyclic amines) is 1. The van der Waals surface area contributed by atoms with Gasteiger partial charge in [0.05, 0.1) is 0 Å². The van der Waals surface area contributed by atoms with Gasteiger partial charge in [0.15, 0.2) is 0 Å². The van der Waals surface area contributed by atoms with Gasteiger partial charge >= 0.3 is 0 Å². The van der Waals surface area contributed by atoms with Gasteiger partial charge in [-0.3, -0.25) is 4.79 Å². The molecule has 27 heavy (non-hydrogen) atoms. The number of benzene rings is 1. The van der Waals surface area contributed by atoms with E-state index >= 15 is 0 Å². The van der Waals surface area contributed by atoms with Gasteiger partial charge in [-0.25, -0.2) is 0 Å². The Hall–Kier alpha value is -2.17. The molecule has 144 valence electrons. The van der Waals surface area contributed by atoms with Crippen molar-refractivity contribution in [1.82, 2.24) is 15.0 Å². The second kappa shape index (κ2) is 8.24. The van der Waals surface area contributed by atoms with Crippen LogP contribution in [0.5, 0.6) is 0 Å². The van der Waals surface area contributed by atoms with E-state index in [9.17, 15) is 4.79 Å². The Bertz CT molecular complexity index is 779. The fourth-order valence-corrected chi connectivity index (χ4v) is 4.57. The highest BCUT2D eigenvalue weighted by Crippen LogP contribution is 2.29. The van der Waals surface area contributed by atoms with E-state index in [0.717, 1.165) is 49.9 Å². The minimum absolute atomic E-state index is 0.345. The molecule has 1 atom stereocenters. The second-order valence-corrected chi connectivity index (χ2v) is 8.23. The smallest absolute Gasteiger partial charge is 0.227 e. The molecule has 5 nitrogen and oxygen atoms in total. The van der Waals surface area contributed by atoms with E-state index in [-0.39, 0.29) is 0 Å². The molecular formula is C22H29N3O2. The minimum Gasteiger partial charge on any atom is -0.342 e. The average Bonchev–Trinajstić information content (AvgIpc) is 3.34. The number of nitrogens with zero attached hydrogens (tertiary/aromatic N) is 3. The van der Waals surface area contributed by atoms with Crippen LogP contribution in [0, 0.1) is 18.8 Å². The summed E-state index contributed by atoms with van der Waals surface area (Å²) in [6, 6.07) is 8.08. The molecule has 1 saturated carbocycles. The summed E-state index contributed by atoms with van der Waals surface area (Å²) in [5.74, 6) is 2.72. The first-order chi connectivity index (χ1) is 13.2. The number of carbonyl (C=O) groups is 1. The van der Waals surface area contributed by atoms with Crippen molar-refractivity contribution in [2.45, 2.75) is 58.3 Å². The number of hydrogen-bond acceptors (Lipinski definition) is 4. The maximum atomic E-state index is 12.7. The maximum absolute atomic E-state index is 12.7. The van der Waals surface area contributed by atoms with Crippen LogP contribution in [0.15, 0.2) is 28.8 Å². The molecule has 2 fully saturated rings. The number of rotatable bonds is 5. The van der Waals surface area contributed by atoms with Crippen molar-refractivity contribution in [3.05, 3.63) is 35.7 Å². The number of aromatic nitrogens is 2. The first-order valence-electron chi connectivity index (χ1n) is 10.4. The van der Waals surface area contributed by atoms with Crippen LogP contribution in [-0.2, 0) is 11.2 Å². The number of aryl methyl sites for hydroxylation is 1. The Labute approximate surface area is 161 Å². The van der Waals surface area contributed by atoms with Crippen LogP contribution in [0.25, 0.3) is 11.4 Å². The Balaban J connectivity index is 1.35. The van der Waals surface area contributed by atoms with E-state index in [1.54, 1.807) is 0 Å². The molecule has 1 aromatic heterocycles. The van der Waals surface area contributed by atoms with Gasteiger partial charge in [0, 0.05) is 31.5 Å². The van der Waals surface area contributed by atoms with Crippen LogP contribution in [-0.4, -0.2) is 34.0 Å². The van der Waals surface area contributed by atoms with Crippen molar-refractivity contribution in [2.24, 2.45) is 11.8 Å². The molecule has 1 aliphatic carbocycles. The molecule has 1 saturated heterocycles. The zero-order chi connectivity index (χ0) is 18.6. The van der Waals surface area contributed by atoms with Gasteiger partial charge in [0.2, 0.25) is 17.6 Å². The second-order valence-electron chi connectivity index (χ2n) is 8.23. The number of hydrogen-bond donors (Lipinski definition) is 0.